The van der Waals surface area contributed by atoms with Crippen molar-refractivity contribution in [3.05, 3.63) is 23.8 Å². The van der Waals surface area contributed by atoms with Crippen LogP contribution in [0, 0.1) is 5.92 Å². The molecule has 1 aromatic rings. The third kappa shape index (κ3) is 6.09. The van der Waals surface area contributed by atoms with Crippen LogP contribution in [0.5, 0.6) is 11.5 Å². The second-order valence-corrected chi connectivity index (χ2v) is 6.66. The van der Waals surface area contributed by atoms with Crippen LogP contribution >= 0.6 is 0 Å². The summed E-state index contributed by atoms with van der Waals surface area (Å²) in [7, 11) is 3.33. The number of hydrogen-bond donors (Lipinski definition) is 2. The highest BCUT2D eigenvalue weighted by atomic mass is 16.5. The monoisotopic (exact) mass is 362 g/mol. The lowest BCUT2D eigenvalue weighted by atomic mass is 9.98. The van der Waals surface area contributed by atoms with Gasteiger partial charge in [-0.1, -0.05) is 6.92 Å². The molecule has 0 aromatic heterocycles. The third-order valence-electron chi connectivity index (χ3n) is 4.85. The van der Waals surface area contributed by atoms with E-state index in [0.717, 1.165) is 42.7 Å². The highest BCUT2D eigenvalue weighted by molar-refractivity contribution is 5.79. The molecule has 1 heterocycles. The van der Waals surface area contributed by atoms with Gasteiger partial charge in [0.2, 0.25) is 0 Å². The van der Waals surface area contributed by atoms with Crippen molar-refractivity contribution >= 4 is 5.96 Å². The number of ether oxygens (including phenoxy) is 2. The molecule has 0 radical (unpaired) electrons. The topological polar surface area (TPSA) is 58.1 Å². The van der Waals surface area contributed by atoms with Crippen LogP contribution in [0.3, 0.4) is 0 Å². The number of methoxy groups -OCH3 is 2. The fraction of sp³-hybridized carbons (Fsp3) is 0.650. The third-order valence-corrected chi connectivity index (χ3v) is 4.85. The maximum Gasteiger partial charge on any atom is 0.191 e. The zero-order valence-electron chi connectivity index (χ0n) is 16.7. The summed E-state index contributed by atoms with van der Waals surface area (Å²) < 4.78 is 10.7. The van der Waals surface area contributed by atoms with Crippen LogP contribution in [-0.2, 0) is 6.54 Å². The second kappa shape index (κ2) is 10.9. The molecular weight excluding hydrogens is 328 g/mol. The Hall–Kier alpha value is -1.95. The molecule has 1 unspecified atom stereocenters. The number of likely N-dealkylation sites (tertiary alicyclic amines) is 1. The van der Waals surface area contributed by atoms with Gasteiger partial charge in [0.25, 0.3) is 0 Å². The first-order valence-electron chi connectivity index (χ1n) is 9.65. The van der Waals surface area contributed by atoms with Gasteiger partial charge in [0.15, 0.2) is 5.96 Å². The zero-order chi connectivity index (χ0) is 18.8. The number of aliphatic imine (C=N–C) groups is 1. The molecule has 1 saturated heterocycles. The van der Waals surface area contributed by atoms with Crippen molar-refractivity contribution in [2.45, 2.75) is 33.2 Å². The smallest absolute Gasteiger partial charge is 0.191 e. The van der Waals surface area contributed by atoms with Crippen LogP contribution in [0.4, 0.5) is 0 Å². The van der Waals surface area contributed by atoms with E-state index in [4.69, 9.17) is 14.5 Å². The predicted molar refractivity (Wildman–Crippen MR) is 107 cm³/mol. The first-order chi connectivity index (χ1) is 12.7. The molecule has 0 amide bonds. The van der Waals surface area contributed by atoms with Crippen LogP contribution in [0.1, 0.15) is 32.3 Å². The lowest BCUT2D eigenvalue weighted by Gasteiger charge is -2.32. The molecule has 2 N–H and O–H groups in total. The van der Waals surface area contributed by atoms with Crippen LogP contribution < -0.4 is 20.1 Å². The molecule has 0 saturated carbocycles. The summed E-state index contributed by atoms with van der Waals surface area (Å²) in [4.78, 5) is 7.26. The molecule has 1 atom stereocenters. The maximum absolute atomic E-state index is 5.46. The van der Waals surface area contributed by atoms with Crippen molar-refractivity contribution < 1.29 is 9.47 Å². The Balaban J connectivity index is 1.95. The molecular formula is C20H34N4O2. The van der Waals surface area contributed by atoms with E-state index in [1.807, 2.05) is 18.2 Å². The number of rotatable bonds is 8. The largest absolute Gasteiger partial charge is 0.497 e. The van der Waals surface area contributed by atoms with Gasteiger partial charge >= 0.3 is 0 Å². The Kier molecular flexibility index (Phi) is 8.54. The van der Waals surface area contributed by atoms with Crippen molar-refractivity contribution in [2.75, 3.05) is 46.9 Å². The lowest BCUT2D eigenvalue weighted by Crippen LogP contribution is -2.44. The summed E-state index contributed by atoms with van der Waals surface area (Å²) in [5.41, 5.74) is 1.04. The van der Waals surface area contributed by atoms with E-state index < -0.39 is 0 Å². The number of nitrogens with zero attached hydrogens (tertiary/aromatic N) is 2. The highest BCUT2D eigenvalue weighted by Gasteiger charge is 2.18. The SMILES string of the molecule is CCNC(=NCc1ccc(OC)cc1OC)NCC1CCCN(CC)C1. The fourth-order valence-corrected chi connectivity index (χ4v) is 3.33. The van der Waals surface area contributed by atoms with E-state index in [0.29, 0.717) is 12.5 Å². The Labute approximate surface area is 158 Å². The molecule has 2 rings (SSSR count). The Morgan fingerprint density at radius 2 is 2.08 bits per heavy atom. The summed E-state index contributed by atoms with van der Waals surface area (Å²) in [5.74, 6) is 3.13. The fourth-order valence-electron chi connectivity index (χ4n) is 3.33. The first kappa shape index (κ1) is 20.4. The minimum atomic E-state index is 0.564. The molecule has 1 fully saturated rings. The summed E-state index contributed by atoms with van der Waals surface area (Å²) in [6.45, 7) is 10.2. The summed E-state index contributed by atoms with van der Waals surface area (Å²) >= 11 is 0. The quantitative estimate of drug-likeness (QED) is 0.550. The minimum absolute atomic E-state index is 0.564. The standard InChI is InChI=1S/C20H34N4O2/c1-5-21-20(22-13-16-8-7-11-24(6-2)15-16)23-14-17-9-10-18(25-3)12-19(17)26-4/h9-10,12,16H,5-8,11,13-15H2,1-4H3,(H2,21,22,23). The second-order valence-electron chi connectivity index (χ2n) is 6.66. The number of hydrogen-bond acceptors (Lipinski definition) is 4. The number of guanidine groups is 1. The molecule has 26 heavy (non-hydrogen) atoms. The molecule has 0 bridgehead atoms. The van der Waals surface area contributed by atoms with Gasteiger partial charge in [0.1, 0.15) is 11.5 Å². The molecule has 1 aliphatic rings. The number of benzene rings is 1. The van der Waals surface area contributed by atoms with E-state index in [-0.39, 0.29) is 0 Å². The van der Waals surface area contributed by atoms with Crippen LogP contribution in [0.2, 0.25) is 0 Å². The summed E-state index contributed by atoms with van der Waals surface area (Å²) in [5, 5.41) is 6.85. The Bertz CT molecular complexity index is 577. The van der Waals surface area contributed by atoms with E-state index in [1.165, 1.54) is 25.9 Å². The van der Waals surface area contributed by atoms with Crippen molar-refractivity contribution in [1.29, 1.82) is 0 Å². The lowest BCUT2D eigenvalue weighted by molar-refractivity contribution is 0.183. The van der Waals surface area contributed by atoms with Crippen molar-refractivity contribution in [1.82, 2.24) is 15.5 Å². The van der Waals surface area contributed by atoms with E-state index in [1.54, 1.807) is 14.2 Å². The maximum atomic E-state index is 5.46. The Morgan fingerprint density at radius 3 is 2.77 bits per heavy atom. The van der Waals surface area contributed by atoms with Crippen LogP contribution in [-0.4, -0.2) is 57.8 Å². The normalized spacial score (nSPS) is 18.5. The average Bonchev–Trinajstić information content (AvgIpc) is 2.70. The molecule has 1 aliphatic heterocycles. The van der Waals surface area contributed by atoms with Gasteiger partial charge in [-0.3, -0.25) is 0 Å². The van der Waals surface area contributed by atoms with E-state index in [2.05, 4.69) is 29.4 Å². The first-order valence-corrected chi connectivity index (χ1v) is 9.65. The van der Waals surface area contributed by atoms with Gasteiger partial charge in [-0.15, -0.1) is 0 Å². The average molecular weight is 363 g/mol. The van der Waals surface area contributed by atoms with Crippen LogP contribution in [0.15, 0.2) is 23.2 Å². The zero-order valence-corrected chi connectivity index (χ0v) is 16.7. The molecule has 146 valence electrons. The van der Waals surface area contributed by atoms with Crippen molar-refractivity contribution in [2.24, 2.45) is 10.9 Å². The van der Waals surface area contributed by atoms with Gasteiger partial charge in [-0.25, -0.2) is 4.99 Å². The van der Waals surface area contributed by atoms with Gasteiger partial charge in [0, 0.05) is 31.3 Å². The van der Waals surface area contributed by atoms with E-state index in [9.17, 15) is 0 Å². The molecule has 6 heteroatoms. The van der Waals surface area contributed by atoms with Gasteiger partial charge < -0.3 is 25.0 Å². The van der Waals surface area contributed by atoms with Crippen LogP contribution in [0.25, 0.3) is 0 Å². The minimum Gasteiger partial charge on any atom is -0.497 e. The molecule has 0 aliphatic carbocycles. The molecule has 6 nitrogen and oxygen atoms in total. The number of piperidine rings is 1. The van der Waals surface area contributed by atoms with Gasteiger partial charge in [-0.2, -0.15) is 0 Å². The predicted octanol–water partition coefficient (Wildman–Crippen LogP) is 2.49. The summed E-state index contributed by atoms with van der Waals surface area (Å²) in [6.07, 6.45) is 2.58. The van der Waals surface area contributed by atoms with E-state index >= 15 is 0 Å². The van der Waals surface area contributed by atoms with Gasteiger partial charge in [-0.05, 0) is 50.9 Å². The molecule has 1 aromatic carbocycles. The van der Waals surface area contributed by atoms with Gasteiger partial charge in [0.05, 0.1) is 20.8 Å². The van der Waals surface area contributed by atoms with Crippen molar-refractivity contribution in [3.63, 3.8) is 0 Å². The summed E-state index contributed by atoms with van der Waals surface area (Å²) in [6, 6.07) is 5.84. The molecule has 0 spiro atoms. The Morgan fingerprint density at radius 1 is 1.23 bits per heavy atom. The highest BCUT2D eigenvalue weighted by Crippen LogP contribution is 2.25. The van der Waals surface area contributed by atoms with Crippen molar-refractivity contribution in [3.8, 4) is 11.5 Å². The number of nitrogens with one attached hydrogen (secondary N) is 2.